The van der Waals surface area contributed by atoms with Crippen molar-refractivity contribution < 1.29 is 8.91 Å². The van der Waals surface area contributed by atoms with Crippen LogP contribution in [0.15, 0.2) is 27.8 Å². The average molecular weight is 528 g/mol. The van der Waals surface area contributed by atoms with Gasteiger partial charge in [0.1, 0.15) is 17.0 Å². The van der Waals surface area contributed by atoms with Gasteiger partial charge in [-0.25, -0.2) is 24.1 Å². The molecule has 1 unspecified atom stereocenters. The molecular weight excluding hydrogens is 497 g/mol. The smallest absolute Gasteiger partial charge is 0.322 e. The molecule has 1 N–H and O–H groups in total. The first-order valence-electron chi connectivity index (χ1n) is 12.6. The summed E-state index contributed by atoms with van der Waals surface area (Å²) in [6, 6.07) is 1.74. The minimum absolute atomic E-state index is 0.0549. The third kappa shape index (κ3) is 4.79. The van der Waals surface area contributed by atoms with E-state index in [1.54, 1.807) is 19.2 Å². The third-order valence-corrected chi connectivity index (χ3v) is 7.84. The van der Waals surface area contributed by atoms with Crippen molar-refractivity contribution in [1.29, 1.82) is 0 Å². The molecule has 0 amide bonds. The number of hydrogen-bond acceptors (Lipinski definition) is 7. The first kappa shape index (κ1) is 25.5. The lowest BCUT2D eigenvalue weighted by molar-refractivity contribution is 0.0317. The first-order chi connectivity index (χ1) is 17.4. The number of aromatic nitrogens is 7. The van der Waals surface area contributed by atoms with E-state index < -0.39 is 16.8 Å². The van der Waals surface area contributed by atoms with Crippen molar-refractivity contribution in [2.45, 2.75) is 72.5 Å². The van der Waals surface area contributed by atoms with E-state index in [9.17, 15) is 4.79 Å². The SMILES string of the molecule is CC(C)(C)C(C)(F)c1nc2nc(-c3noc(=O)[nH]3)nc(-c3cncc(Cl)c3)c2n1C[C@H]1CC[C@H](C)CC1. The number of halogens is 2. The van der Waals surface area contributed by atoms with Gasteiger partial charge in [-0.15, -0.1) is 0 Å². The summed E-state index contributed by atoms with van der Waals surface area (Å²) in [4.78, 5) is 32.4. The van der Waals surface area contributed by atoms with Gasteiger partial charge in [-0.3, -0.25) is 14.5 Å². The van der Waals surface area contributed by atoms with E-state index in [4.69, 9.17) is 21.6 Å². The molecule has 0 aromatic carbocycles. The molecule has 0 bridgehead atoms. The number of imidazole rings is 1. The number of nitrogens with one attached hydrogen (secondary N) is 1. The van der Waals surface area contributed by atoms with Crippen LogP contribution in [-0.2, 0) is 12.2 Å². The normalized spacial score (nSPS) is 20.3. The van der Waals surface area contributed by atoms with Gasteiger partial charge in [0, 0.05) is 29.9 Å². The second-order valence-electron chi connectivity index (χ2n) is 11.3. The summed E-state index contributed by atoms with van der Waals surface area (Å²) >= 11 is 6.29. The minimum Gasteiger partial charge on any atom is -0.322 e. The van der Waals surface area contributed by atoms with Crippen LogP contribution in [0.5, 0.6) is 0 Å². The van der Waals surface area contributed by atoms with Gasteiger partial charge in [0.15, 0.2) is 11.3 Å². The molecule has 11 heteroatoms. The quantitative estimate of drug-likeness (QED) is 0.341. The number of pyridine rings is 1. The Labute approximate surface area is 218 Å². The maximum absolute atomic E-state index is 16.6. The summed E-state index contributed by atoms with van der Waals surface area (Å²) in [5.74, 6) is 0.794. The highest BCUT2D eigenvalue weighted by molar-refractivity contribution is 6.30. The molecule has 1 fully saturated rings. The Kier molecular flexibility index (Phi) is 6.42. The molecule has 4 heterocycles. The summed E-state index contributed by atoms with van der Waals surface area (Å²) in [5.41, 5.74) is -0.517. The van der Waals surface area contributed by atoms with Crippen molar-refractivity contribution in [3.8, 4) is 22.9 Å². The van der Waals surface area contributed by atoms with Gasteiger partial charge in [0.05, 0.1) is 5.02 Å². The van der Waals surface area contributed by atoms with Crippen molar-refractivity contribution in [3.63, 3.8) is 0 Å². The molecule has 1 saturated carbocycles. The van der Waals surface area contributed by atoms with E-state index in [1.165, 1.54) is 6.20 Å². The van der Waals surface area contributed by atoms with E-state index in [0.717, 1.165) is 25.7 Å². The maximum atomic E-state index is 16.6. The second kappa shape index (κ2) is 9.31. The molecule has 0 saturated heterocycles. The summed E-state index contributed by atoms with van der Waals surface area (Å²) < 4.78 is 23.3. The number of alkyl halides is 1. The number of nitrogens with zero attached hydrogens (tertiary/aromatic N) is 6. The van der Waals surface area contributed by atoms with Crippen molar-refractivity contribution in [2.24, 2.45) is 17.3 Å². The fourth-order valence-corrected chi connectivity index (χ4v) is 5.03. The Hall–Kier alpha value is -3.14. The molecule has 37 heavy (non-hydrogen) atoms. The molecule has 0 spiro atoms. The minimum atomic E-state index is -1.78. The molecule has 4 aromatic heterocycles. The number of fused-ring (bicyclic) bond motifs is 1. The lowest BCUT2D eigenvalue weighted by atomic mass is 9.78. The Morgan fingerprint density at radius 1 is 1.14 bits per heavy atom. The van der Waals surface area contributed by atoms with Crippen LogP contribution in [0.2, 0.25) is 5.02 Å². The number of aromatic amines is 1. The molecule has 5 rings (SSSR count). The van der Waals surface area contributed by atoms with Gasteiger partial charge >= 0.3 is 5.76 Å². The highest BCUT2D eigenvalue weighted by Gasteiger charge is 2.44. The van der Waals surface area contributed by atoms with Crippen molar-refractivity contribution >= 4 is 22.8 Å². The third-order valence-electron chi connectivity index (χ3n) is 7.64. The zero-order chi connectivity index (χ0) is 26.5. The average Bonchev–Trinajstić information content (AvgIpc) is 3.43. The lowest BCUT2D eigenvalue weighted by Gasteiger charge is -2.35. The second-order valence-corrected chi connectivity index (χ2v) is 11.8. The van der Waals surface area contributed by atoms with E-state index in [2.05, 4.69) is 31.6 Å². The van der Waals surface area contributed by atoms with Gasteiger partial charge in [0.25, 0.3) is 0 Å². The Bertz CT molecular complexity index is 1490. The number of H-pyrrole nitrogens is 1. The van der Waals surface area contributed by atoms with Gasteiger partial charge in [0.2, 0.25) is 11.6 Å². The van der Waals surface area contributed by atoms with Gasteiger partial charge in [-0.05, 0) is 37.7 Å². The molecule has 1 aliphatic rings. The van der Waals surface area contributed by atoms with E-state index in [-0.39, 0.29) is 11.6 Å². The molecule has 0 aliphatic heterocycles. The predicted octanol–water partition coefficient (Wildman–Crippen LogP) is 5.94. The van der Waals surface area contributed by atoms with Crippen LogP contribution in [0.3, 0.4) is 0 Å². The van der Waals surface area contributed by atoms with Crippen LogP contribution < -0.4 is 5.76 Å². The largest absolute Gasteiger partial charge is 0.439 e. The van der Waals surface area contributed by atoms with Gasteiger partial charge in [-0.2, -0.15) is 0 Å². The first-order valence-corrected chi connectivity index (χ1v) is 13.0. The predicted molar refractivity (Wildman–Crippen MR) is 139 cm³/mol. The van der Waals surface area contributed by atoms with Gasteiger partial charge < -0.3 is 4.57 Å². The van der Waals surface area contributed by atoms with Crippen LogP contribution >= 0.6 is 11.6 Å². The maximum Gasteiger partial charge on any atom is 0.439 e. The zero-order valence-corrected chi connectivity index (χ0v) is 22.4. The van der Waals surface area contributed by atoms with Gasteiger partial charge in [-0.1, -0.05) is 57.3 Å². The standard InChI is InChI=1S/C26H31ClFN7O2/c1-14-6-8-15(9-7-14)13-35-19-18(16-10-17(27)12-29-11-16)30-21(22-33-24(36)37-34-22)31-20(19)32-23(35)26(5,28)25(2,3)4/h10-12,14-15H,6-9,13H2,1-5H3,(H,33,34,36)/t14-,15-,26?. The summed E-state index contributed by atoms with van der Waals surface area (Å²) in [6.45, 7) is 10.0. The number of hydrogen-bond donors (Lipinski definition) is 1. The van der Waals surface area contributed by atoms with E-state index in [0.29, 0.717) is 51.6 Å². The van der Waals surface area contributed by atoms with E-state index in [1.807, 2.05) is 25.3 Å². The highest BCUT2D eigenvalue weighted by Crippen LogP contribution is 2.45. The van der Waals surface area contributed by atoms with Crippen molar-refractivity contribution in [1.82, 2.24) is 34.6 Å². The number of rotatable bonds is 5. The molecule has 196 valence electrons. The molecule has 1 aliphatic carbocycles. The molecule has 0 radical (unpaired) electrons. The fourth-order valence-electron chi connectivity index (χ4n) is 4.85. The van der Waals surface area contributed by atoms with E-state index >= 15 is 4.39 Å². The van der Waals surface area contributed by atoms with Crippen LogP contribution in [0.4, 0.5) is 4.39 Å². The summed E-state index contributed by atoms with van der Waals surface area (Å²) in [6.07, 6.45) is 7.58. The summed E-state index contributed by atoms with van der Waals surface area (Å²) in [5, 5.41) is 4.17. The molecule has 1 atom stereocenters. The Morgan fingerprint density at radius 2 is 1.86 bits per heavy atom. The highest BCUT2D eigenvalue weighted by atomic mass is 35.5. The monoisotopic (exact) mass is 527 g/mol. The summed E-state index contributed by atoms with van der Waals surface area (Å²) in [7, 11) is 0. The topological polar surface area (TPSA) is 115 Å². The van der Waals surface area contributed by atoms with Crippen LogP contribution in [0.1, 0.15) is 66.1 Å². The van der Waals surface area contributed by atoms with Crippen LogP contribution in [-0.4, -0.2) is 34.6 Å². The fraction of sp³-hybridized carbons (Fsp3) is 0.538. The van der Waals surface area contributed by atoms with Crippen LogP contribution in [0.25, 0.3) is 34.1 Å². The molecule has 9 nitrogen and oxygen atoms in total. The zero-order valence-electron chi connectivity index (χ0n) is 21.7. The molecular formula is C26H31ClFN7O2. The Balaban J connectivity index is 1.80. The van der Waals surface area contributed by atoms with Crippen molar-refractivity contribution in [2.75, 3.05) is 0 Å². The van der Waals surface area contributed by atoms with Crippen molar-refractivity contribution in [3.05, 3.63) is 39.9 Å². The Morgan fingerprint density at radius 3 is 2.49 bits per heavy atom. The van der Waals surface area contributed by atoms with Crippen LogP contribution in [0, 0.1) is 17.3 Å². The lowest BCUT2D eigenvalue weighted by Crippen LogP contribution is -2.36. The molecule has 4 aromatic rings.